The molecule has 6 heteroatoms. The minimum absolute atomic E-state index is 0.164. The third kappa shape index (κ3) is 8.21. The molecule has 3 aromatic rings. The fraction of sp³-hybridized carbons (Fsp3) is 0.433. The van der Waals surface area contributed by atoms with Crippen LogP contribution in [-0.2, 0) is 11.2 Å². The quantitative estimate of drug-likeness (QED) is 0.137. The maximum atomic E-state index is 14.8. The van der Waals surface area contributed by atoms with Gasteiger partial charge >= 0.3 is 5.97 Å². The smallest absolute Gasteiger partial charge is 0.348 e. The number of aryl methyl sites for hydroxylation is 1. The number of esters is 1. The number of hydrogen-bond donors (Lipinski definition) is 0. The number of benzene rings is 2. The van der Waals surface area contributed by atoms with Crippen LogP contribution in [0, 0.1) is 0 Å². The van der Waals surface area contributed by atoms with Crippen molar-refractivity contribution >= 4 is 5.97 Å². The average molecular weight is 495 g/mol. The van der Waals surface area contributed by atoms with E-state index in [-0.39, 0.29) is 6.42 Å². The van der Waals surface area contributed by atoms with Gasteiger partial charge < -0.3 is 4.74 Å². The number of carbonyl (C=O) groups excluding carboxylic acids is 1. The van der Waals surface area contributed by atoms with E-state index in [2.05, 4.69) is 16.9 Å². The summed E-state index contributed by atoms with van der Waals surface area (Å²) in [5.41, 5.74) is 1.64. The lowest BCUT2D eigenvalue weighted by Gasteiger charge is -2.18. The molecule has 1 aromatic heterocycles. The molecular formula is C30H36F2N2O2. The van der Waals surface area contributed by atoms with Gasteiger partial charge in [0, 0.05) is 23.5 Å². The van der Waals surface area contributed by atoms with Crippen LogP contribution >= 0.6 is 0 Å². The van der Waals surface area contributed by atoms with Crippen molar-refractivity contribution in [2.24, 2.45) is 0 Å². The van der Waals surface area contributed by atoms with E-state index in [1.165, 1.54) is 6.92 Å². The van der Waals surface area contributed by atoms with Gasteiger partial charge in [-0.2, -0.15) is 0 Å². The second-order valence-electron chi connectivity index (χ2n) is 9.59. The molecule has 0 spiro atoms. The molecule has 0 bridgehead atoms. The Hall–Kier alpha value is -3.15. The Balaban J connectivity index is 1.56. The first-order valence-electron chi connectivity index (χ1n) is 12.9. The van der Waals surface area contributed by atoms with Gasteiger partial charge in [0.25, 0.3) is 0 Å². The van der Waals surface area contributed by atoms with E-state index >= 15 is 0 Å². The SMILES string of the molecule is CCCCCCC[C@](C)(F)C(=O)Oc1ccc(-c2cnc(-c3ccc(CC[C@H](C)F)cc3)nc2)cc1. The number of nitrogens with zero attached hydrogens (tertiary/aromatic N) is 2. The van der Waals surface area contributed by atoms with Crippen molar-refractivity contribution in [2.45, 2.75) is 84.0 Å². The highest BCUT2D eigenvalue weighted by Crippen LogP contribution is 2.26. The fourth-order valence-corrected chi connectivity index (χ4v) is 3.90. The van der Waals surface area contributed by atoms with Gasteiger partial charge in [-0.05, 0) is 62.8 Å². The molecule has 0 N–H and O–H groups in total. The first kappa shape index (κ1) is 27.4. The minimum atomic E-state index is -2.00. The summed E-state index contributed by atoms with van der Waals surface area (Å²) in [5, 5.41) is 0. The Labute approximate surface area is 213 Å². The van der Waals surface area contributed by atoms with Crippen LogP contribution in [0.3, 0.4) is 0 Å². The topological polar surface area (TPSA) is 52.1 Å². The molecule has 0 unspecified atom stereocenters. The monoisotopic (exact) mass is 494 g/mol. The number of unbranched alkanes of at least 4 members (excludes halogenated alkanes) is 4. The van der Waals surface area contributed by atoms with Gasteiger partial charge in [0.15, 0.2) is 5.82 Å². The van der Waals surface area contributed by atoms with E-state index < -0.39 is 17.8 Å². The molecule has 0 radical (unpaired) electrons. The van der Waals surface area contributed by atoms with Gasteiger partial charge in [-0.1, -0.05) is 69.0 Å². The van der Waals surface area contributed by atoms with Gasteiger partial charge in [-0.3, -0.25) is 0 Å². The first-order chi connectivity index (χ1) is 17.3. The van der Waals surface area contributed by atoms with Crippen LogP contribution in [-0.4, -0.2) is 27.8 Å². The molecule has 3 rings (SSSR count). The van der Waals surface area contributed by atoms with E-state index in [1.54, 1.807) is 43.6 Å². The number of aromatic nitrogens is 2. The number of rotatable bonds is 13. The summed E-state index contributed by atoms with van der Waals surface area (Å²) >= 11 is 0. The van der Waals surface area contributed by atoms with Crippen molar-refractivity contribution in [1.29, 1.82) is 0 Å². The number of halogens is 2. The lowest BCUT2D eigenvalue weighted by molar-refractivity contribution is -0.147. The maximum Gasteiger partial charge on any atom is 0.348 e. The highest BCUT2D eigenvalue weighted by molar-refractivity contribution is 5.81. The van der Waals surface area contributed by atoms with Crippen molar-refractivity contribution in [3.63, 3.8) is 0 Å². The summed E-state index contributed by atoms with van der Waals surface area (Å²) < 4.78 is 33.1. The Bertz CT molecular complexity index is 1080. The zero-order chi connectivity index (χ0) is 26.0. The van der Waals surface area contributed by atoms with Crippen LogP contribution in [0.5, 0.6) is 5.75 Å². The molecule has 4 nitrogen and oxygen atoms in total. The molecule has 192 valence electrons. The van der Waals surface area contributed by atoms with Crippen LogP contribution in [0.15, 0.2) is 60.9 Å². The largest absolute Gasteiger partial charge is 0.424 e. The number of alkyl halides is 2. The van der Waals surface area contributed by atoms with E-state index in [1.807, 2.05) is 24.3 Å². The first-order valence-corrected chi connectivity index (χ1v) is 12.9. The Morgan fingerprint density at radius 1 is 0.917 bits per heavy atom. The van der Waals surface area contributed by atoms with E-state index in [0.29, 0.717) is 30.8 Å². The van der Waals surface area contributed by atoms with Crippen LogP contribution < -0.4 is 4.74 Å². The Morgan fingerprint density at radius 2 is 1.53 bits per heavy atom. The molecule has 0 amide bonds. The molecule has 2 aromatic carbocycles. The van der Waals surface area contributed by atoms with Gasteiger partial charge in [0.2, 0.25) is 5.67 Å². The summed E-state index contributed by atoms with van der Waals surface area (Å²) in [6.07, 6.45) is 8.93. The molecular weight excluding hydrogens is 458 g/mol. The van der Waals surface area contributed by atoms with Crippen molar-refractivity contribution < 1.29 is 18.3 Å². The summed E-state index contributed by atoms with van der Waals surface area (Å²) in [5.74, 6) is 0.0497. The predicted molar refractivity (Wildman–Crippen MR) is 140 cm³/mol. The molecule has 2 atom stereocenters. The van der Waals surface area contributed by atoms with Crippen LogP contribution in [0.4, 0.5) is 8.78 Å². The predicted octanol–water partition coefficient (Wildman–Crippen LogP) is 8.10. The van der Waals surface area contributed by atoms with Gasteiger partial charge in [0.1, 0.15) is 5.75 Å². The second-order valence-corrected chi connectivity index (χ2v) is 9.59. The lowest BCUT2D eigenvalue weighted by Crippen LogP contribution is -2.34. The maximum absolute atomic E-state index is 14.8. The van der Waals surface area contributed by atoms with E-state index in [9.17, 15) is 13.6 Å². The van der Waals surface area contributed by atoms with Gasteiger partial charge in [0.05, 0.1) is 6.17 Å². The second kappa shape index (κ2) is 13.2. The van der Waals surface area contributed by atoms with Crippen LogP contribution in [0.25, 0.3) is 22.5 Å². The zero-order valence-electron chi connectivity index (χ0n) is 21.5. The molecule has 1 heterocycles. The summed E-state index contributed by atoms with van der Waals surface area (Å²) in [7, 11) is 0. The summed E-state index contributed by atoms with van der Waals surface area (Å²) in [6, 6.07) is 14.7. The minimum Gasteiger partial charge on any atom is -0.424 e. The highest BCUT2D eigenvalue weighted by Gasteiger charge is 2.34. The van der Waals surface area contributed by atoms with Crippen LogP contribution in [0.1, 0.15) is 71.3 Å². The molecule has 0 aliphatic carbocycles. The Kier molecular flexibility index (Phi) is 10.1. The zero-order valence-corrected chi connectivity index (χ0v) is 21.5. The van der Waals surface area contributed by atoms with Gasteiger partial charge in [-0.15, -0.1) is 0 Å². The van der Waals surface area contributed by atoms with E-state index in [0.717, 1.165) is 47.9 Å². The number of carbonyl (C=O) groups is 1. The molecule has 0 saturated heterocycles. The number of ether oxygens (including phenoxy) is 1. The van der Waals surface area contributed by atoms with E-state index in [4.69, 9.17) is 4.74 Å². The average Bonchev–Trinajstić information content (AvgIpc) is 2.88. The molecule has 0 aliphatic heterocycles. The molecule has 0 fully saturated rings. The fourth-order valence-electron chi connectivity index (χ4n) is 3.90. The Morgan fingerprint density at radius 3 is 2.14 bits per heavy atom. The normalized spacial score (nSPS) is 13.7. The lowest BCUT2D eigenvalue weighted by atomic mass is 9.99. The molecule has 36 heavy (non-hydrogen) atoms. The van der Waals surface area contributed by atoms with Crippen molar-refractivity contribution in [3.8, 4) is 28.3 Å². The highest BCUT2D eigenvalue weighted by atomic mass is 19.1. The van der Waals surface area contributed by atoms with Crippen molar-refractivity contribution in [2.75, 3.05) is 0 Å². The van der Waals surface area contributed by atoms with Gasteiger partial charge in [-0.25, -0.2) is 23.5 Å². The van der Waals surface area contributed by atoms with Crippen LogP contribution in [0.2, 0.25) is 0 Å². The molecule has 0 aliphatic rings. The van der Waals surface area contributed by atoms with Crippen molar-refractivity contribution in [1.82, 2.24) is 9.97 Å². The number of hydrogen-bond acceptors (Lipinski definition) is 4. The third-order valence-corrected chi connectivity index (χ3v) is 6.27. The summed E-state index contributed by atoms with van der Waals surface area (Å²) in [4.78, 5) is 21.3. The summed E-state index contributed by atoms with van der Waals surface area (Å²) in [6.45, 7) is 4.99. The molecule has 0 saturated carbocycles. The third-order valence-electron chi connectivity index (χ3n) is 6.27. The standard InChI is InChI=1S/C30H36F2N2O2/c1-4-5-6-7-8-19-30(3,32)29(35)36-27-17-15-24(16-18-27)26-20-33-28(34-21-26)25-13-11-23(12-14-25)10-9-22(2)31/h11-18,20-22H,4-10,19H2,1-3H3/t22-,30-/m0/s1. The van der Waals surface area contributed by atoms with Crippen molar-refractivity contribution in [3.05, 3.63) is 66.5 Å².